The highest BCUT2D eigenvalue weighted by atomic mass is 79.9. The minimum Gasteiger partial charge on any atom is -0.298 e. The molecule has 1 aliphatic rings. The molecule has 0 fully saturated rings. The number of hydrogen-bond acceptors (Lipinski definition) is 3. The van der Waals surface area contributed by atoms with E-state index in [4.69, 9.17) is 0 Å². The van der Waals surface area contributed by atoms with Crippen molar-refractivity contribution in [3.63, 3.8) is 0 Å². The Hall–Kier alpha value is -1.20. The summed E-state index contributed by atoms with van der Waals surface area (Å²) in [6, 6.07) is 7.41. The SMILES string of the molecule is C[C@@H]1CCc2nc(NC(=O)c3ccccc3Br)sc2C1. The zero-order chi connectivity index (χ0) is 14.1. The molecule has 1 N–H and O–H groups in total. The number of anilines is 1. The number of aromatic nitrogens is 1. The summed E-state index contributed by atoms with van der Waals surface area (Å²) in [7, 11) is 0. The molecule has 1 heterocycles. The Labute approximate surface area is 130 Å². The van der Waals surface area contributed by atoms with Crippen molar-refractivity contribution >= 4 is 38.3 Å². The van der Waals surface area contributed by atoms with E-state index in [1.807, 2.05) is 18.2 Å². The van der Waals surface area contributed by atoms with Crippen LogP contribution in [0.4, 0.5) is 5.13 Å². The van der Waals surface area contributed by atoms with Gasteiger partial charge in [-0.3, -0.25) is 10.1 Å². The van der Waals surface area contributed by atoms with Crippen LogP contribution in [-0.2, 0) is 12.8 Å². The van der Waals surface area contributed by atoms with Crippen LogP contribution in [0.1, 0.15) is 34.3 Å². The molecular formula is C15H15BrN2OS. The Morgan fingerprint density at radius 2 is 2.25 bits per heavy atom. The molecule has 2 aromatic rings. The summed E-state index contributed by atoms with van der Waals surface area (Å²) in [6.07, 6.45) is 3.30. The predicted octanol–water partition coefficient (Wildman–Crippen LogP) is 4.28. The van der Waals surface area contributed by atoms with Gasteiger partial charge in [-0.05, 0) is 53.2 Å². The first-order valence-corrected chi connectivity index (χ1v) is 8.29. The Balaban J connectivity index is 1.79. The van der Waals surface area contributed by atoms with Gasteiger partial charge in [0.2, 0.25) is 0 Å². The maximum Gasteiger partial charge on any atom is 0.258 e. The van der Waals surface area contributed by atoms with Gasteiger partial charge in [0.05, 0.1) is 11.3 Å². The van der Waals surface area contributed by atoms with E-state index in [2.05, 4.69) is 33.2 Å². The first kappa shape index (κ1) is 13.8. The van der Waals surface area contributed by atoms with E-state index in [9.17, 15) is 4.79 Å². The molecule has 5 heteroatoms. The van der Waals surface area contributed by atoms with Crippen LogP contribution >= 0.6 is 27.3 Å². The van der Waals surface area contributed by atoms with Gasteiger partial charge in [0.1, 0.15) is 0 Å². The Morgan fingerprint density at radius 3 is 3.05 bits per heavy atom. The second-order valence-electron chi connectivity index (χ2n) is 5.17. The van der Waals surface area contributed by atoms with Gasteiger partial charge >= 0.3 is 0 Å². The van der Waals surface area contributed by atoms with Crippen molar-refractivity contribution in [3.05, 3.63) is 44.9 Å². The van der Waals surface area contributed by atoms with E-state index in [0.717, 1.165) is 28.9 Å². The maximum atomic E-state index is 12.2. The fourth-order valence-corrected chi connectivity index (χ4v) is 4.03. The summed E-state index contributed by atoms with van der Waals surface area (Å²) < 4.78 is 0.799. The van der Waals surface area contributed by atoms with Gasteiger partial charge in [0.15, 0.2) is 5.13 Å². The van der Waals surface area contributed by atoms with E-state index in [-0.39, 0.29) is 5.91 Å². The highest BCUT2D eigenvalue weighted by Gasteiger charge is 2.21. The lowest BCUT2D eigenvalue weighted by molar-refractivity contribution is 0.102. The molecule has 1 aliphatic carbocycles. The highest BCUT2D eigenvalue weighted by Crippen LogP contribution is 2.32. The number of halogens is 1. The average Bonchev–Trinajstić information content (AvgIpc) is 2.80. The third kappa shape index (κ3) is 2.79. The third-order valence-electron chi connectivity index (χ3n) is 3.52. The number of nitrogens with zero attached hydrogens (tertiary/aromatic N) is 1. The molecular weight excluding hydrogens is 336 g/mol. The van der Waals surface area contributed by atoms with Crippen LogP contribution in [0.3, 0.4) is 0 Å². The van der Waals surface area contributed by atoms with Gasteiger partial charge in [-0.2, -0.15) is 0 Å². The smallest absolute Gasteiger partial charge is 0.258 e. The Bertz CT molecular complexity index is 653. The molecule has 0 aliphatic heterocycles. The van der Waals surface area contributed by atoms with Crippen LogP contribution < -0.4 is 5.32 Å². The lowest BCUT2D eigenvalue weighted by Gasteiger charge is -2.15. The van der Waals surface area contributed by atoms with Gasteiger partial charge in [-0.1, -0.05) is 19.1 Å². The van der Waals surface area contributed by atoms with Crippen molar-refractivity contribution in [1.29, 1.82) is 0 Å². The van der Waals surface area contributed by atoms with E-state index in [0.29, 0.717) is 10.7 Å². The van der Waals surface area contributed by atoms with Crippen molar-refractivity contribution in [2.24, 2.45) is 5.92 Å². The molecule has 0 spiro atoms. The minimum absolute atomic E-state index is 0.114. The molecule has 1 atom stereocenters. The Morgan fingerprint density at radius 1 is 1.45 bits per heavy atom. The quantitative estimate of drug-likeness (QED) is 0.877. The number of nitrogens with one attached hydrogen (secondary N) is 1. The third-order valence-corrected chi connectivity index (χ3v) is 5.25. The topological polar surface area (TPSA) is 42.0 Å². The molecule has 1 amide bonds. The van der Waals surface area contributed by atoms with E-state index in [1.54, 1.807) is 17.4 Å². The van der Waals surface area contributed by atoms with Crippen LogP contribution in [-0.4, -0.2) is 10.9 Å². The Kier molecular flexibility index (Phi) is 3.89. The van der Waals surface area contributed by atoms with Crippen LogP contribution in [0.2, 0.25) is 0 Å². The number of thiazole rings is 1. The van der Waals surface area contributed by atoms with Gasteiger partial charge in [0, 0.05) is 9.35 Å². The number of carbonyl (C=O) groups is 1. The molecule has 20 heavy (non-hydrogen) atoms. The normalized spacial score (nSPS) is 17.6. The van der Waals surface area contributed by atoms with Crippen molar-refractivity contribution in [3.8, 4) is 0 Å². The van der Waals surface area contributed by atoms with Gasteiger partial charge in [0.25, 0.3) is 5.91 Å². The zero-order valence-corrected chi connectivity index (χ0v) is 13.6. The lowest BCUT2D eigenvalue weighted by atomic mass is 9.93. The van der Waals surface area contributed by atoms with Gasteiger partial charge in [-0.25, -0.2) is 4.98 Å². The second-order valence-corrected chi connectivity index (χ2v) is 7.11. The summed E-state index contributed by atoms with van der Waals surface area (Å²) in [5.41, 5.74) is 1.80. The molecule has 0 saturated heterocycles. The molecule has 0 saturated carbocycles. The van der Waals surface area contributed by atoms with E-state index >= 15 is 0 Å². The monoisotopic (exact) mass is 350 g/mol. The summed E-state index contributed by atoms with van der Waals surface area (Å²) in [6.45, 7) is 2.27. The molecule has 1 aromatic carbocycles. The van der Waals surface area contributed by atoms with E-state index < -0.39 is 0 Å². The molecule has 0 radical (unpaired) electrons. The van der Waals surface area contributed by atoms with Crippen molar-refractivity contribution in [2.75, 3.05) is 5.32 Å². The number of amides is 1. The molecule has 0 unspecified atom stereocenters. The first-order valence-electron chi connectivity index (χ1n) is 6.68. The minimum atomic E-state index is -0.114. The molecule has 1 aromatic heterocycles. The fourth-order valence-electron chi connectivity index (χ4n) is 2.40. The highest BCUT2D eigenvalue weighted by molar-refractivity contribution is 9.10. The number of carbonyl (C=O) groups excluding carboxylic acids is 1. The van der Waals surface area contributed by atoms with Crippen LogP contribution in [0.15, 0.2) is 28.7 Å². The standard InChI is InChI=1S/C15H15BrN2OS/c1-9-6-7-12-13(8-9)20-15(17-12)18-14(19)10-4-2-3-5-11(10)16/h2-5,9H,6-8H2,1H3,(H,17,18,19)/t9-/m1/s1. The number of hydrogen-bond donors (Lipinski definition) is 1. The number of fused-ring (bicyclic) bond motifs is 1. The second kappa shape index (κ2) is 5.66. The van der Waals surface area contributed by atoms with Crippen molar-refractivity contribution < 1.29 is 4.79 Å². The molecule has 0 bridgehead atoms. The molecule has 3 nitrogen and oxygen atoms in total. The zero-order valence-electron chi connectivity index (χ0n) is 11.1. The summed E-state index contributed by atoms with van der Waals surface area (Å²) >= 11 is 5.01. The number of aryl methyl sites for hydroxylation is 1. The van der Waals surface area contributed by atoms with Gasteiger partial charge in [-0.15, -0.1) is 11.3 Å². The summed E-state index contributed by atoms with van der Waals surface area (Å²) in [5, 5.41) is 3.62. The largest absolute Gasteiger partial charge is 0.298 e. The predicted molar refractivity (Wildman–Crippen MR) is 85.4 cm³/mol. The average molecular weight is 351 g/mol. The molecule has 3 rings (SSSR count). The van der Waals surface area contributed by atoms with Crippen molar-refractivity contribution in [1.82, 2.24) is 4.98 Å². The van der Waals surface area contributed by atoms with Crippen LogP contribution in [0.25, 0.3) is 0 Å². The maximum absolute atomic E-state index is 12.2. The summed E-state index contributed by atoms with van der Waals surface area (Å²) in [5.74, 6) is 0.603. The van der Waals surface area contributed by atoms with Crippen LogP contribution in [0, 0.1) is 5.92 Å². The van der Waals surface area contributed by atoms with Crippen LogP contribution in [0.5, 0.6) is 0 Å². The number of rotatable bonds is 2. The lowest BCUT2D eigenvalue weighted by Crippen LogP contribution is -2.12. The van der Waals surface area contributed by atoms with Crippen molar-refractivity contribution in [2.45, 2.75) is 26.2 Å². The first-order chi connectivity index (χ1) is 9.63. The van der Waals surface area contributed by atoms with E-state index in [1.165, 1.54) is 11.3 Å². The fraction of sp³-hybridized carbons (Fsp3) is 0.333. The summed E-state index contributed by atoms with van der Waals surface area (Å²) in [4.78, 5) is 18.1. The van der Waals surface area contributed by atoms with Gasteiger partial charge < -0.3 is 0 Å². The number of benzene rings is 1. The molecule has 104 valence electrons.